The van der Waals surface area contributed by atoms with Crippen molar-refractivity contribution in [2.24, 2.45) is 10.9 Å². The number of anilines is 2. The summed E-state index contributed by atoms with van der Waals surface area (Å²) in [6.07, 6.45) is 4.33. The standard InChI is InChI=1S/C18H26N6O3S/c1-11-19-16(27-23-11)12-2-7-24(8-3-12)17-20-13-4-9-28(26)14(13)15(21-17)22-18(10-25)5-6-18/h12,16,25H,2-10H2,1H3,(H,19,23)(H,20,21,22). The van der Waals surface area contributed by atoms with Crippen LogP contribution in [0.25, 0.3) is 0 Å². The Morgan fingerprint density at radius 3 is 2.79 bits per heavy atom. The van der Waals surface area contributed by atoms with Crippen molar-refractivity contribution in [1.29, 1.82) is 0 Å². The maximum absolute atomic E-state index is 12.5. The van der Waals surface area contributed by atoms with Crippen molar-refractivity contribution in [2.75, 3.05) is 35.7 Å². The highest BCUT2D eigenvalue weighted by Crippen LogP contribution is 2.41. The molecule has 2 fully saturated rings. The highest BCUT2D eigenvalue weighted by molar-refractivity contribution is 7.85. The monoisotopic (exact) mass is 406 g/mol. The number of aliphatic hydroxyl groups is 1. The quantitative estimate of drug-likeness (QED) is 0.651. The summed E-state index contributed by atoms with van der Waals surface area (Å²) < 4.78 is 12.5. The first kappa shape index (κ1) is 18.3. The summed E-state index contributed by atoms with van der Waals surface area (Å²) in [6.45, 7) is 3.65. The predicted octanol–water partition coefficient (Wildman–Crippen LogP) is 0.573. The first-order valence-corrected chi connectivity index (χ1v) is 11.3. The van der Waals surface area contributed by atoms with Crippen molar-refractivity contribution in [1.82, 2.24) is 15.4 Å². The van der Waals surface area contributed by atoms with Crippen LogP contribution in [-0.2, 0) is 22.1 Å². The molecule has 28 heavy (non-hydrogen) atoms. The van der Waals surface area contributed by atoms with E-state index in [-0.39, 0.29) is 18.4 Å². The van der Waals surface area contributed by atoms with Crippen LogP contribution in [0.5, 0.6) is 0 Å². The van der Waals surface area contributed by atoms with Crippen molar-refractivity contribution >= 4 is 28.4 Å². The smallest absolute Gasteiger partial charge is 0.227 e. The molecule has 0 amide bonds. The minimum Gasteiger partial charge on any atom is -0.394 e. The normalized spacial score (nSPS) is 28.6. The van der Waals surface area contributed by atoms with Gasteiger partial charge >= 0.3 is 0 Å². The Bertz CT molecular complexity index is 835. The zero-order valence-corrected chi connectivity index (χ0v) is 16.8. The van der Waals surface area contributed by atoms with Gasteiger partial charge in [-0.25, -0.2) is 14.8 Å². The Hall–Kier alpha value is -1.78. The SMILES string of the molecule is CC1=NC(C2CCN(c3nc4c(c(NC5(CO)CC5)n3)S(=O)CC4)CC2)ON1. The summed E-state index contributed by atoms with van der Waals surface area (Å²) in [5.74, 6) is 3.14. The van der Waals surface area contributed by atoms with Crippen molar-refractivity contribution < 1.29 is 14.2 Å². The van der Waals surface area contributed by atoms with Gasteiger partial charge in [0.2, 0.25) is 5.95 Å². The molecule has 0 bridgehead atoms. The second-order valence-electron chi connectivity index (χ2n) is 8.16. The number of hydroxylamine groups is 1. The van der Waals surface area contributed by atoms with Crippen molar-refractivity contribution in [3.8, 4) is 0 Å². The van der Waals surface area contributed by atoms with Crippen LogP contribution >= 0.6 is 0 Å². The van der Waals surface area contributed by atoms with E-state index in [4.69, 9.17) is 14.8 Å². The minimum absolute atomic E-state index is 0.0640. The van der Waals surface area contributed by atoms with Crippen molar-refractivity contribution in [3.05, 3.63) is 5.69 Å². The molecule has 1 aliphatic carbocycles. The summed E-state index contributed by atoms with van der Waals surface area (Å²) in [6, 6.07) is 0. The molecule has 152 valence electrons. The fourth-order valence-electron chi connectivity index (χ4n) is 4.11. The van der Waals surface area contributed by atoms with Gasteiger partial charge in [0, 0.05) is 31.2 Å². The average molecular weight is 407 g/mol. The van der Waals surface area contributed by atoms with Gasteiger partial charge in [-0.3, -0.25) is 9.69 Å². The highest BCUT2D eigenvalue weighted by atomic mass is 32.2. The fraction of sp³-hybridized carbons (Fsp3) is 0.722. The number of nitrogens with zero attached hydrogens (tertiary/aromatic N) is 4. The Labute approximate surface area is 166 Å². The van der Waals surface area contributed by atoms with Crippen LogP contribution in [0.1, 0.15) is 38.3 Å². The maximum atomic E-state index is 12.5. The molecule has 4 aliphatic rings. The lowest BCUT2D eigenvalue weighted by Gasteiger charge is -2.33. The largest absolute Gasteiger partial charge is 0.394 e. The third kappa shape index (κ3) is 3.27. The third-order valence-corrected chi connectivity index (χ3v) is 7.55. The van der Waals surface area contributed by atoms with Gasteiger partial charge in [0.15, 0.2) is 6.23 Å². The molecular formula is C18H26N6O3S. The number of aryl methyl sites for hydroxylation is 1. The van der Waals surface area contributed by atoms with Crippen LogP contribution in [0.4, 0.5) is 11.8 Å². The molecule has 0 aromatic carbocycles. The molecule has 2 atom stereocenters. The lowest BCUT2D eigenvalue weighted by molar-refractivity contribution is -0.00574. The average Bonchev–Trinajstić information content (AvgIpc) is 3.18. The Morgan fingerprint density at radius 1 is 1.36 bits per heavy atom. The van der Waals surface area contributed by atoms with Gasteiger partial charge < -0.3 is 15.3 Å². The molecule has 1 aromatic rings. The Morgan fingerprint density at radius 2 is 2.14 bits per heavy atom. The first-order chi connectivity index (χ1) is 13.6. The number of hydrogen-bond acceptors (Lipinski definition) is 9. The molecule has 9 nitrogen and oxygen atoms in total. The summed E-state index contributed by atoms with van der Waals surface area (Å²) in [7, 11) is -1.07. The van der Waals surface area contributed by atoms with Crippen molar-refractivity contribution in [3.63, 3.8) is 0 Å². The molecule has 1 saturated carbocycles. The molecule has 0 radical (unpaired) electrons. The lowest BCUT2D eigenvalue weighted by Crippen LogP contribution is -2.39. The number of rotatable bonds is 5. The van der Waals surface area contributed by atoms with Gasteiger partial charge in [-0.2, -0.15) is 4.98 Å². The van der Waals surface area contributed by atoms with Crippen LogP contribution in [-0.4, -0.2) is 62.3 Å². The lowest BCUT2D eigenvalue weighted by atomic mass is 9.95. The summed E-state index contributed by atoms with van der Waals surface area (Å²) in [5, 5.41) is 13.1. The van der Waals surface area contributed by atoms with Gasteiger partial charge in [0.1, 0.15) is 16.5 Å². The zero-order chi connectivity index (χ0) is 19.3. The van der Waals surface area contributed by atoms with E-state index in [1.807, 2.05) is 6.92 Å². The van der Waals surface area contributed by atoms with Gasteiger partial charge in [-0.15, -0.1) is 0 Å². The maximum Gasteiger partial charge on any atom is 0.227 e. The number of fused-ring (bicyclic) bond motifs is 1. The van der Waals surface area contributed by atoms with Gasteiger partial charge in [0.25, 0.3) is 0 Å². The van der Waals surface area contributed by atoms with Crippen molar-refractivity contribution in [2.45, 2.75) is 55.7 Å². The molecule has 0 spiro atoms. The van der Waals surface area contributed by atoms with E-state index in [0.29, 0.717) is 29.9 Å². The third-order valence-electron chi connectivity index (χ3n) is 6.09. The second-order valence-corrected chi connectivity index (χ2v) is 9.67. The molecule has 1 saturated heterocycles. The van der Waals surface area contributed by atoms with E-state index < -0.39 is 10.8 Å². The molecule has 5 rings (SSSR count). The number of piperidine rings is 1. The molecule has 2 unspecified atom stereocenters. The van der Waals surface area contributed by atoms with E-state index in [2.05, 4.69) is 20.7 Å². The van der Waals surface area contributed by atoms with E-state index >= 15 is 0 Å². The number of aromatic nitrogens is 2. The summed E-state index contributed by atoms with van der Waals surface area (Å²) >= 11 is 0. The van der Waals surface area contributed by atoms with E-state index in [0.717, 1.165) is 55.2 Å². The van der Waals surface area contributed by atoms with E-state index in [1.165, 1.54) is 0 Å². The zero-order valence-electron chi connectivity index (χ0n) is 16.0. The minimum atomic E-state index is -1.07. The number of aliphatic hydroxyl groups excluding tert-OH is 1. The predicted molar refractivity (Wildman–Crippen MR) is 106 cm³/mol. The number of amidine groups is 1. The molecule has 10 heteroatoms. The second kappa shape index (κ2) is 6.93. The molecule has 1 aromatic heterocycles. The molecular weight excluding hydrogens is 380 g/mol. The Balaban J connectivity index is 1.35. The van der Waals surface area contributed by atoms with E-state index in [1.54, 1.807) is 0 Å². The summed E-state index contributed by atoms with van der Waals surface area (Å²) in [5.41, 5.74) is 3.41. The topological polar surface area (TPSA) is 112 Å². The van der Waals surface area contributed by atoms with Crippen LogP contribution in [0.3, 0.4) is 0 Å². The Kier molecular flexibility index (Phi) is 4.52. The number of aliphatic imine (C=N–C) groups is 1. The molecule has 4 heterocycles. The van der Waals surface area contributed by atoms with E-state index in [9.17, 15) is 9.32 Å². The van der Waals surface area contributed by atoms with Crippen LogP contribution in [0.2, 0.25) is 0 Å². The first-order valence-electron chi connectivity index (χ1n) is 9.96. The highest BCUT2D eigenvalue weighted by Gasteiger charge is 2.44. The molecule has 3 aliphatic heterocycles. The van der Waals surface area contributed by atoms with Gasteiger partial charge in [0.05, 0.1) is 28.6 Å². The molecule has 3 N–H and O–H groups in total. The number of hydrogen-bond donors (Lipinski definition) is 3. The van der Waals surface area contributed by atoms with Gasteiger partial charge in [-0.1, -0.05) is 0 Å². The fourth-order valence-corrected chi connectivity index (χ4v) is 5.42. The van der Waals surface area contributed by atoms with Crippen LogP contribution in [0, 0.1) is 5.92 Å². The van der Waals surface area contributed by atoms with Gasteiger partial charge in [-0.05, 0) is 32.6 Å². The number of nitrogens with one attached hydrogen (secondary N) is 2. The van der Waals surface area contributed by atoms with Crippen LogP contribution in [0.15, 0.2) is 9.89 Å². The van der Waals surface area contributed by atoms with Crippen LogP contribution < -0.4 is 15.7 Å². The summed E-state index contributed by atoms with van der Waals surface area (Å²) in [4.78, 5) is 22.5.